The highest BCUT2D eigenvalue weighted by Gasteiger charge is 2.11. The smallest absolute Gasteiger partial charge is 0.119 e. The van der Waals surface area contributed by atoms with Gasteiger partial charge in [-0.3, -0.25) is 9.98 Å². The topological polar surface area (TPSA) is 83.6 Å². The van der Waals surface area contributed by atoms with Crippen molar-refractivity contribution in [3.8, 4) is 23.0 Å². The van der Waals surface area contributed by atoms with Crippen molar-refractivity contribution in [1.29, 1.82) is 0 Å². The van der Waals surface area contributed by atoms with Gasteiger partial charge in [-0.2, -0.15) is 0 Å². The third-order valence-corrected chi connectivity index (χ3v) is 7.31. The summed E-state index contributed by atoms with van der Waals surface area (Å²) in [6.45, 7) is 2.88. The number of aromatic hydroxyl groups is 2. The molecule has 1 unspecified atom stereocenters. The lowest BCUT2D eigenvalue weighted by Crippen LogP contribution is -2.18. The monoisotopic (exact) mass is 592 g/mol. The number of hydrogen-bond acceptors (Lipinski definition) is 6. The number of benzene rings is 4. The molecule has 4 rings (SSSR count). The van der Waals surface area contributed by atoms with E-state index >= 15 is 0 Å². The summed E-state index contributed by atoms with van der Waals surface area (Å²) in [4.78, 5) is 8.92. The second-order valence-electron chi connectivity index (χ2n) is 11.0. The van der Waals surface area contributed by atoms with E-state index < -0.39 is 0 Å². The number of aliphatic imine (C=N–C) groups is 2. The summed E-state index contributed by atoms with van der Waals surface area (Å²) in [7, 11) is 0. The van der Waals surface area contributed by atoms with E-state index in [2.05, 4.69) is 16.9 Å². The first kappa shape index (κ1) is 32.3. The van der Waals surface area contributed by atoms with Crippen LogP contribution in [0.2, 0.25) is 0 Å². The van der Waals surface area contributed by atoms with Gasteiger partial charge in [-0.15, -0.1) is 0 Å². The van der Waals surface area contributed by atoms with Gasteiger partial charge >= 0.3 is 0 Å². The zero-order chi connectivity index (χ0) is 30.8. The molecular formula is C38H44N2O4. The van der Waals surface area contributed by atoms with E-state index in [0.717, 1.165) is 53.3 Å². The lowest BCUT2D eigenvalue weighted by atomic mass is 10.0. The van der Waals surface area contributed by atoms with Gasteiger partial charge in [-0.05, 0) is 134 Å². The molecule has 2 N–H and O–H groups in total. The van der Waals surface area contributed by atoms with Crippen LogP contribution in [0.15, 0.2) is 107 Å². The molecule has 0 heterocycles. The van der Waals surface area contributed by atoms with Crippen LogP contribution < -0.4 is 9.47 Å². The van der Waals surface area contributed by atoms with Crippen molar-refractivity contribution in [2.24, 2.45) is 9.98 Å². The predicted octanol–water partition coefficient (Wildman–Crippen LogP) is 9.96. The molecule has 0 saturated carbocycles. The Morgan fingerprint density at radius 3 is 1.59 bits per heavy atom. The van der Waals surface area contributed by atoms with E-state index in [1.54, 1.807) is 54.7 Å². The number of ether oxygens (including phenoxy) is 2. The average Bonchev–Trinajstić information content (AvgIpc) is 3.05. The zero-order valence-electron chi connectivity index (χ0n) is 25.6. The lowest BCUT2D eigenvalue weighted by Gasteiger charge is -2.20. The Morgan fingerprint density at radius 1 is 0.568 bits per heavy atom. The van der Waals surface area contributed by atoms with E-state index in [-0.39, 0.29) is 17.6 Å². The van der Waals surface area contributed by atoms with E-state index in [0.29, 0.717) is 6.61 Å². The molecular weight excluding hydrogens is 548 g/mol. The summed E-state index contributed by atoms with van der Waals surface area (Å²) >= 11 is 0. The molecule has 0 saturated heterocycles. The number of hydrogen-bond donors (Lipinski definition) is 2. The van der Waals surface area contributed by atoms with Crippen molar-refractivity contribution in [1.82, 2.24) is 0 Å². The molecule has 4 aromatic rings. The second kappa shape index (κ2) is 18.2. The van der Waals surface area contributed by atoms with Crippen molar-refractivity contribution in [2.45, 2.75) is 70.8 Å². The van der Waals surface area contributed by atoms with Crippen LogP contribution in [-0.4, -0.2) is 35.4 Å². The molecule has 230 valence electrons. The van der Waals surface area contributed by atoms with Crippen LogP contribution in [0, 0.1) is 0 Å². The van der Waals surface area contributed by atoms with Crippen molar-refractivity contribution >= 4 is 23.8 Å². The fourth-order valence-corrected chi connectivity index (χ4v) is 4.77. The number of unbranched alkanes of at least 4 members (excludes halogenated alkanes) is 5. The second-order valence-corrected chi connectivity index (χ2v) is 11.0. The van der Waals surface area contributed by atoms with E-state index in [1.165, 1.54) is 38.5 Å². The molecule has 0 bridgehead atoms. The first-order valence-electron chi connectivity index (χ1n) is 15.7. The summed E-state index contributed by atoms with van der Waals surface area (Å²) in [5.74, 6) is 2.17. The predicted molar refractivity (Wildman–Crippen MR) is 181 cm³/mol. The minimum atomic E-state index is 0.139. The van der Waals surface area contributed by atoms with E-state index in [1.807, 2.05) is 54.7 Å². The normalized spacial score (nSPS) is 12.1. The molecule has 0 aromatic heterocycles. The minimum Gasteiger partial charge on any atom is -0.508 e. The first-order chi connectivity index (χ1) is 21.6. The van der Waals surface area contributed by atoms with Gasteiger partial charge in [0, 0.05) is 12.4 Å². The first-order valence-corrected chi connectivity index (χ1v) is 15.7. The van der Waals surface area contributed by atoms with Crippen molar-refractivity contribution < 1.29 is 19.7 Å². The summed E-state index contributed by atoms with van der Waals surface area (Å²) < 4.78 is 12.5. The van der Waals surface area contributed by atoms with Crippen LogP contribution in [0.1, 0.15) is 75.8 Å². The van der Waals surface area contributed by atoms with E-state index in [4.69, 9.17) is 9.47 Å². The average molecular weight is 593 g/mol. The van der Waals surface area contributed by atoms with Crippen LogP contribution in [0.3, 0.4) is 0 Å². The van der Waals surface area contributed by atoms with Gasteiger partial charge in [0.15, 0.2) is 0 Å². The molecule has 4 aromatic carbocycles. The number of phenols is 2. The molecule has 0 amide bonds. The maximum absolute atomic E-state index is 9.45. The molecule has 44 heavy (non-hydrogen) atoms. The lowest BCUT2D eigenvalue weighted by molar-refractivity contribution is 0.164. The summed E-state index contributed by atoms with van der Waals surface area (Å²) in [5, 5.41) is 18.9. The third kappa shape index (κ3) is 12.0. The van der Waals surface area contributed by atoms with Gasteiger partial charge in [-0.25, -0.2) is 0 Å². The zero-order valence-corrected chi connectivity index (χ0v) is 25.6. The Bertz CT molecular complexity index is 1410. The van der Waals surface area contributed by atoms with Gasteiger partial charge in [-0.1, -0.05) is 39.0 Å². The molecule has 0 fully saturated rings. The molecule has 0 aliphatic heterocycles. The maximum atomic E-state index is 9.45. The third-order valence-electron chi connectivity index (χ3n) is 7.31. The van der Waals surface area contributed by atoms with Crippen molar-refractivity contribution in [2.75, 3.05) is 6.61 Å². The maximum Gasteiger partial charge on any atom is 0.119 e. The standard InChI is InChI=1S/C38H44N2O4/c1-2-3-4-5-6-7-9-37(44-38-25-13-31(14-26-38)29-40-33-17-21-35(42)22-18-33)10-8-27-43-36-23-11-30(12-24-36)28-39-32-15-19-34(41)20-16-32/h11-26,28-29,37,41-42H,2-10,27H2,1H3. The van der Waals surface area contributed by atoms with Crippen LogP contribution in [-0.2, 0) is 0 Å². The van der Waals surface area contributed by atoms with Crippen molar-refractivity contribution in [3.63, 3.8) is 0 Å². The van der Waals surface area contributed by atoms with Gasteiger partial charge in [0.25, 0.3) is 0 Å². The fourth-order valence-electron chi connectivity index (χ4n) is 4.77. The number of phenolic OH excluding ortho intramolecular Hbond substituents is 2. The number of rotatable bonds is 18. The van der Waals surface area contributed by atoms with Crippen LogP contribution >= 0.6 is 0 Å². The van der Waals surface area contributed by atoms with Gasteiger partial charge in [0.1, 0.15) is 23.0 Å². The molecule has 0 radical (unpaired) electrons. The van der Waals surface area contributed by atoms with Crippen molar-refractivity contribution in [3.05, 3.63) is 108 Å². The molecule has 0 aliphatic rings. The van der Waals surface area contributed by atoms with Crippen LogP contribution in [0.5, 0.6) is 23.0 Å². The Kier molecular flexibility index (Phi) is 13.4. The Balaban J connectivity index is 1.25. The highest BCUT2D eigenvalue weighted by atomic mass is 16.5. The summed E-state index contributed by atoms with van der Waals surface area (Å²) in [6, 6.07) is 29.6. The molecule has 0 aliphatic carbocycles. The van der Waals surface area contributed by atoms with Gasteiger partial charge in [0.05, 0.1) is 24.1 Å². The largest absolute Gasteiger partial charge is 0.508 e. The van der Waals surface area contributed by atoms with Gasteiger partial charge in [0.2, 0.25) is 0 Å². The molecule has 0 spiro atoms. The van der Waals surface area contributed by atoms with Crippen LogP contribution in [0.4, 0.5) is 11.4 Å². The van der Waals surface area contributed by atoms with E-state index in [9.17, 15) is 10.2 Å². The minimum absolute atomic E-state index is 0.139. The molecule has 1 atom stereocenters. The SMILES string of the molecule is CCCCCCCCC(CCCOc1ccc(C=Nc2ccc(O)cc2)cc1)Oc1ccc(C=Nc2ccc(O)cc2)cc1. The number of nitrogens with zero attached hydrogens (tertiary/aromatic N) is 2. The fraction of sp³-hybridized carbons (Fsp3) is 0.316. The Hall–Kier alpha value is -4.58. The highest BCUT2D eigenvalue weighted by Crippen LogP contribution is 2.22. The quantitative estimate of drug-likeness (QED) is 0.0889. The summed E-state index contributed by atoms with van der Waals surface area (Å²) in [6.07, 6.45) is 14.2. The highest BCUT2D eigenvalue weighted by molar-refractivity contribution is 5.82. The Morgan fingerprint density at radius 2 is 1.05 bits per heavy atom. The molecule has 6 heteroatoms. The summed E-state index contributed by atoms with van der Waals surface area (Å²) in [5.41, 5.74) is 3.55. The van der Waals surface area contributed by atoms with Crippen LogP contribution in [0.25, 0.3) is 0 Å². The molecule has 6 nitrogen and oxygen atoms in total. The van der Waals surface area contributed by atoms with Gasteiger partial charge < -0.3 is 19.7 Å². The Labute approximate surface area is 261 Å².